The van der Waals surface area contributed by atoms with Gasteiger partial charge in [-0.1, -0.05) is 11.6 Å². The zero-order valence-corrected chi connectivity index (χ0v) is 13.0. The molecule has 22 heavy (non-hydrogen) atoms. The van der Waals surface area contributed by atoms with Gasteiger partial charge in [0.1, 0.15) is 5.70 Å². The first-order chi connectivity index (χ1) is 10.4. The molecule has 0 aliphatic carbocycles. The second-order valence-corrected chi connectivity index (χ2v) is 4.28. The zero-order chi connectivity index (χ0) is 16.7. The maximum atomic E-state index is 14.3. The summed E-state index contributed by atoms with van der Waals surface area (Å²) in [5.41, 5.74) is -0.397. The average Bonchev–Trinajstić information content (AvgIpc) is 2.52. The molecule has 0 saturated heterocycles. The summed E-state index contributed by atoms with van der Waals surface area (Å²) in [6.07, 6.45) is 0.847. The molecule has 1 rings (SSSR count). The number of esters is 2. The normalized spacial score (nSPS) is 10.9. The summed E-state index contributed by atoms with van der Waals surface area (Å²) >= 11 is 5.84. The number of ether oxygens (including phenoxy) is 3. The molecule has 0 amide bonds. The Balaban J connectivity index is 3.19. The van der Waals surface area contributed by atoms with Gasteiger partial charge in [-0.2, -0.15) is 0 Å². The number of hydrogen-bond donors (Lipinski definition) is 1. The van der Waals surface area contributed by atoms with E-state index < -0.39 is 17.8 Å². The van der Waals surface area contributed by atoms with Gasteiger partial charge in [0.25, 0.3) is 0 Å². The Morgan fingerprint density at radius 3 is 2.55 bits per heavy atom. The van der Waals surface area contributed by atoms with E-state index >= 15 is 0 Å². The third-order valence-corrected chi connectivity index (χ3v) is 2.77. The fourth-order valence-electron chi connectivity index (χ4n) is 1.48. The molecule has 0 radical (unpaired) electrons. The minimum absolute atomic E-state index is 0.0847. The van der Waals surface area contributed by atoms with Gasteiger partial charge in [0.15, 0.2) is 11.6 Å². The summed E-state index contributed by atoms with van der Waals surface area (Å²) in [6, 6.07) is 2.69. The van der Waals surface area contributed by atoms with E-state index in [0.29, 0.717) is 0 Å². The highest BCUT2D eigenvalue weighted by molar-refractivity contribution is 6.32. The van der Waals surface area contributed by atoms with Gasteiger partial charge >= 0.3 is 11.9 Å². The van der Waals surface area contributed by atoms with E-state index in [4.69, 9.17) is 16.3 Å². The zero-order valence-electron chi connectivity index (χ0n) is 12.2. The van der Waals surface area contributed by atoms with Crippen molar-refractivity contribution in [3.05, 3.63) is 34.7 Å². The maximum absolute atomic E-state index is 14.3. The molecule has 0 bridgehead atoms. The van der Waals surface area contributed by atoms with Crippen LogP contribution in [0.5, 0.6) is 5.75 Å². The van der Waals surface area contributed by atoms with Gasteiger partial charge in [-0.15, -0.1) is 0 Å². The highest BCUT2D eigenvalue weighted by Gasteiger charge is 2.18. The van der Waals surface area contributed by atoms with Gasteiger partial charge in [0.2, 0.25) is 0 Å². The largest absolute Gasteiger partial charge is 0.489 e. The predicted octanol–water partition coefficient (Wildman–Crippen LogP) is 2.52. The third kappa shape index (κ3) is 4.36. The van der Waals surface area contributed by atoms with E-state index in [1.807, 2.05) is 0 Å². The van der Waals surface area contributed by atoms with E-state index in [-0.39, 0.29) is 28.8 Å². The highest BCUT2D eigenvalue weighted by atomic mass is 35.5. The minimum atomic E-state index is -0.863. The highest BCUT2D eigenvalue weighted by Crippen LogP contribution is 2.33. The molecule has 0 saturated carbocycles. The van der Waals surface area contributed by atoms with Crippen LogP contribution in [-0.2, 0) is 19.1 Å². The number of carbonyl (C=O) groups excluding carboxylic acids is 2. The van der Waals surface area contributed by atoms with Gasteiger partial charge in [0, 0.05) is 0 Å². The van der Waals surface area contributed by atoms with Crippen molar-refractivity contribution in [1.82, 2.24) is 0 Å². The van der Waals surface area contributed by atoms with Crippen LogP contribution in [0, 0.1) is 5.82 Å². The van der Waals surface area contributed by atoms with Crippen LogP contribution in [0.3, 0.4) is 0 Å². The number of anilines is 1. The van der Waals surface area contributed by atoms with Crippen molar-refractivity contribution >= 4 is 29.2 Å². The molecule has 6 nitrogen and oxygen atoms in total. The first kappa shape index (κ1) is 17.8. The molecular weight excluding hydrogens is 317 g/mol. The Morgan fingerprint density at radius 1 is 1.32 bits per heavy atom. The summed E-state index contributed by atoms with van der Waals surface area (Å²) < 4.78 is 28.3. The number of hydrogen-bond acceptors (Lipinski definition) is 6. The molecule has 1 aromatic rings. The van der Waals surface area contributed by atoms with Gasteiger partial charge in [-0.3, -0.25) is 0 Å². The number of rotatable bonds is 6. The van der Waals surface area contributed by atoms with Gasteiger partial charge in [-0.05, 0) is 19.1 Å². The lowest BCUT2D eigenvalue weighted by Gasteiger charge is -2.13. The van der Waals surface area contributed by atoms with E-state index in [1.165, 1.54) is 12.1 Å². The van der Waals surface area contributed by atoms with Gasteiger partial charge < -0.3 is 19.5 Å². The van der Waals surface area contributed by atoms with Crippen LogP contribution in [0.4, 0.5) is 10.1 Å². The molecule has 0 unspecified atom stereocenters. The molecule has 0 heterocycles. The lowest BCUT2D eigenvalue weighted by atomic mass is 10.2. The number of benzene rings is 1. The van der Waals surface area contributed by atoms with Crippen LogP contribution >= 0.6 is 11.6 Å². The fraction of sp³-hybridized carbons (Fsp3) is 0.286. The molecular formula is C14H15ClFNO5. The molecule has 0 aromatic heterocycles. The molecule has 0 spiro atoms. The quantitative estimate of drug-likeness (QED) is 0.638. The van der Waals surface area contributed by atoms with E-state index in [0.717, 1.165) is 20.3 Å². The van der Waals surface area contributed by atoms with Crippen LogP contribution in [0.25, 0.3) is 0 Å². The SMILES string of the molecule is CCOc1c(Cl)ccc(N/C(=C/C(=O)OC)C(=O)OC)c1F. The van der Waals surface area contributed by atoms with Crippen molar-refractivity contribution in [3.8, 4) is 5.75 Å². The fourth-order valence-corrected chi connectivity index (χ4v) is 1.68. The number of halogens is 2. The first-order valence-electron chi connectivity index (χ1n) is 6.20. The Morgan fingerprint density at radius 2 is 2.00 bits per heavy atom. The summed E-state index contributed by atoms with van der Waals surface area (Å²) in [5.74, 6) is -2.62. The van der Waals surface area contributed by atoms with Crippen LogP contribution in [0.15, 0.2) is 23.9 Å². The lowest BCUT2D eigenvalue weighted by molar-refractivity contribution is -0.138. The molecule has 0 atom stereocenters. The Kier molecular flexibility index (Phi) is 6.65. The Bertz CT molecular complexity index is 603. The van der Waals surface area contributed by atoms with Crippen LogP contribution < -0.4 is 10.1 Å². The summed E-state index contributed by atoms with van der Waals surface area (Å²) in [7, 11) is 2.27. The van der Waals surface area contributed by atoms with Crippen molar-refractivity contribution in [2.75, 3.05) is 26.1 Å². The minimum Gasteiger partial charge on any atom is -0.489 e. The van der Waals surface area contributed by atoms with Crippen LogP contribution in [0.2, 0.25) is 5.02 Å². The molecule has 8 heteroatoms. The van der Waals surface area contributed by atoms with Crippen molar-refractivity contribution in [1.29, 1.82) is 0 Å². The van der Waals surface area contributed by atoms with Crippen molar-refractivity contribution < 1.29 is 28.2 Å². The van der Waals surface area contributed by atoms with E-state index in [9.17, 15) is 14.0 Å². The molecule has 0 fully saturated rings. The monoisotopic (exact) mass is 331 g/mol. The van der Waals surface area contributed by atoms with Crippen LogP contribution in [-0.4, -0.2) is 32.8 Å². The maximum Gasteiger partial charge on any atom is 0.354 e. The second-order valence-electron chi connectivity index (χ2n) is 3.87. The lowest BCUT2D eigenvalue weighted by Crippen LogP contribution is -2.16. The van der Waals surface area contributed by atoms with E-state index in [2.05, 4.69) is 14.8 Å². The van der Waals surface area contributed by atoms with Gasteiger partial charge in [-0.25, -0.2) is 14.0 Å². The molecule has 1 N–H and O–H groups in total. The average molecular weight is 332 g/mol. The smallest absolute Gasteiger partial charge is 0.354 e. The summed E-state index contributed by atoms with van der Waals surface area (Å²) in [5, 5.41) is 2.55. The van der Waals surface area contributed by atoms with E-state index in [1.54, 1.807) is 6.92 Å². The Hall–Kier alpha value is -2.28. The third-order valence-electron chi connectivity index (χ3n) is 2.48. The Labute approximate surface area is 131 Å². The number of methoxy groups -OCH3 is 2. The summed E-state index contributed by atoms with van der Waals surface area (Å²) in [6.45, 7) is 1.88. The van der Waals surface area contributed by atoms with Crippen molar-refractivity contribution in [2.45, 2.75) is 6.92 Å². The van der Waals surface area contributed by atoms with Gasteiger partial charge in [0.05, 0.1) is 37.6 Å². The predicted molar refractivity (Wildman–Crippen MR) is 78.3 cm³/mol. The molecule has 120 valence electrons. The molecule has 0 aliphatic rings. The topological polar surface area (TPSA) is 73.9 Å². The number of carbonyl (C=O) groups is 2. The van der Waals surface area contributed by atoms with Crippen LogP contribution in [0.1, 0.15) is 6.92 Å². The second kappa shape index (κ2) is 8.23. The first-order valence-corrected chi connectivity index (χ1v) is 6.58. The summed E-state index contributed by atoms with van der Waals surface area (Å²) in [4.78, 5) is 22.9. The standard InChI is InChI=1S/C14H15ClFNO5/c1-4-22-13-8(15)5-6-9(12(13)16)17-10(14(19)21-3)7-11(18)20-2/h5-7,17H,4H2,1-3H3/b10-7+. The molecule has 1 aromatic carbocycles. The number of nitrogens with one attached hydrogen (secondary N) is 1. The molecule has 0 aliphatic heterocycles. The van der Waals surface area contributed by atoms with Crippen molar-refractivity contribution in [3.63, 3.8) is 0 Å². The van der Waals surface area contributed by atoms with Crippen molar-refractivity contribution in [2.24, 2.45) is 0 Å².